The van der Waals surface area contributed by atoms with E-state index in [0.717, 1.165) is 12.1 Å². The molecule has 0 saturated heterocycles. The molecule has 0 amide bonds. The van der Waals surface area contributed by atoms with Crippen molar-refractivity contribution < 1.29 is 23.1 Å². The van der Waals surface area contributed by atoms with Crippen LogP contribution < -0.4 is 0 Å². The van der Waals surface area contributed by atoms with E-state index in [9.17, 15) is 23.1 Å². The highest BCUT2D eigenvalue weighted by Gasteiger charge is 2.30. The van der Waals surface area contributed by atoms with Gasteiger partial charge in [-0.15, -0.1) is 0 Å². The van der Waals surface area contributed by atoms with Gasteiger partial charge in [0.1, 0.15) is 5.75 Å². The van der Waals surface area contributed by atoms with Crippen LogP contribution in [-0.4, -0.2) is 11.4 Å². The molecule has 0 spiro atoms. The van der Waals surface area contributed by atoms with Gasteiger partial charge in [0.15, 0.2) is 6.29 Å². The lowest BCUT2D eigenvalue weighted by molar-refractivity contribution is -0.137. The zero-order valence-electron chi connectivity index (χ0n) is 9.91. The number of alkyl halides is 3. The molecule has 0 radical (unpaired) electrons. The Kier molecular flexibility index (Phi) is 3.72. The molecule has 2 aromatic rings. The van der Waals surface area contributed by atoms with Crippen molar-refractivity contribution in [2.75, 3.05) is 0 Å². The first-order chi connectivity index (χ1) is 9.32. The summed E-state index contributed by atoms with van der Waals surface area (Å²) in [6.07, 6.45) is -3.98. The fourth-order valence-corrected chi connectivity index (χ4v) is 1.96. The Balaban J connectivity index is 2.47. The third-order valence-electron chi connectivity index (χ3n) is 2.77. The minimum atomic E-state index is -4.40. The second-order valence-corrected chi connectivity index (χ2v) is 4.50. The van der Waals surface area contributed by atoms with Gasteiger partial charge in [0.2, 0.25) is 0 Å². The van der Waals surface area contributed by atoms with Gasteiger partial charge in [0.25, 0.3) is 0 Å². The summed E-state index contributed by atoms with van der Waals surface area (Å²) in [6, 6.07) is 7.18. The minimum Gasteiger partial charge on any atom is -0.506 e. The van der Waals surface area contributed by atoms with E-state index >= 15 is 0 Å². The lowest BCUT2D eigenvalue weighted by Crippen LogP contribution is -2.04. The number of phenolic OH excluding ortho intramolecular Hbond substituents is 1. The van der Waals surface area contributed by atoms with Crippen LogP contribution in [0.4, 0.5) is 13.2 Å². The number of carbonyl (C=O) groups excluding carboxylic acids is 1. The Labute approximate surface area is 117 Å². The lowest BCUT2D eigenvalue weighted by Gasteiger charge is -2.09. The van der Waals surface area contributed by atoms with E-state index in [4.69, 9.17) is 11.6 Å². The highest BCUT2D eigenvalue weighted by atomic mass is 35.5. The van der Waals surface area contributed by atoms with Crippen molar-refractivity contribution in [3.8, 4) is 16.9 Å². The molecular formula is C14H8ClF3O2. The predicted molar refractivity (Wildman–Crippen MR) is 68.9 cm³/mol. The van der Waals surface area contributed by atoms with Crippen LogP contribution in [-0.2, 0) is 6.18 Å². The highest BCUT2D eigenvalue weighted by Crippen LogP contribution is 2.34. The number of phenols is 1. The number of aldehydes is 1. The van der Waals surface area contributed by atoms with Crippen LogP contribution in [0.1, 0.15) is 15.9 Å². The summed E-state index contributed by atoms with van der Waals surface area (Å²) in [5, 5.41) is 9.47. The maximum Gasteiger partial charge on any atom is 0.416 e. The summed E-state index contributed by atoms with van der Waals surface area (Å²) in [4.78, 5) is 10.8. The van der Waals surface area contributed by atoms with Crippen molar-refractivity contribution in [1.29, 1.82) is 0 Å². The molecule has 2 rings (SSSR count). The standard InChI is InChI=1S/C14H8ClF3O2/c15-12-6-9(5-10(7-19)13(12)20)8-1-3-11(4-2-8)14(16,17)18/h1-7,20H. The molecule has 0 aliphatic heterocycles. The van der Waals surface area contributed by atoms with E-state index in [1.807, 2.05) is 0 Å². The van der Waals surface area contributed by atoms with Gasteiger partial charge in [-0.05, 0) is 35.4 Å². The number of carbonyl (C=O) groups is 1. The van der Waals surface area contributed by atoms with Crippen molar-refractivity contribution in [2.24, 2.45) is 0 Å². The number of hydrogen-bond donors (Lipinski definition) is 1. The van der Waals surface area contributed by atoms with Crippen LogP contribution in [0.3, 0.4) is 0 Å². The van der Waals surface area contributed by atoms with Gasteiger partial charge in [-0.2, -0.15) is 13.2 Å². The molecule has 0 heterocycles. The molecule has 0 bridgehead atoms. The average Bonchev–Trinajstić information content (AvgIpc) is 2.41. The highest BCUT2D eigenvalue weighted by molar-refractivity contribution is 6.32. The molecule has 2 nitrogen and oxygen atoms in total. The number of aromatic hydroxyl groups is 1. The topological polar surface area (TPSA) is 37.3 Å². The molecule has 0 aliphatic carbocycles. The Bertz CT molecular complexity index is 649. The molecule has 0 aromatic heterocycles. The van der Waals surface area contributed by atoms with Gasteiger partial charge in [0, 0.05) is 0 Å². The van der Waals surface area contributed by atoms with Crippen molar-refractivity contribution in [2.45, 2.75) is 6.18 Å². The Morgan fingerprint density at radius 1 is 1.05 bits per heavy atom. The van der Waals surface area contributed by atoms with Crippen molar-refractivity contribution in [3.63, 3.8) is 0 Å². The molecule has 6 heteroatoms. The van der Waals surface area contributed by atoms with Gasteiger partial charge in [-0.3, -0.25) is 4.79 Å². The monoisotopic (exact) mass is 300 g/mol. The third kappa shape index (κ3) is 2.77. The SMILES string of the molecule is O=Cc1cc(-c2ccc(C(F)(F)F)cc2)cc(Cl)c1O. The number of benzene rings is 2. The van der Waals surface area contributed by atoms with Gasteiger partial charge in [-0.1, -0.05) is 23.7 Å². The first kappa shape index (κ1) is 14.4. The van der Waals surface area contributed by atoms with E-state index < -0.39 is 11.7 Å². The van der Waals surface area contributed by atoms with Crippen molar-refractivity contribution in [1.82, 2.24) is 0 Å². The largest absolute Gasteiger partial charge is 0.506 e. The van der Waals surface area contributed by atoms with Crippen LogP contribution in [0.15, 0.2) is 36.4 Å². The second-order valence-electron chi connectivity index (χ2n) is 4.09. The van der Waals surface area contributed by atoms with E-state index in [1.54, 1.807) is 0 Å². The van der Waals surface area contributed by atoms with Crippen LogP contribution in [0.25, 0.3) is 11.1 Å². The molecular weight excluding hydrogens is 293 g/mol. The molecule has 0 unspecified atom stereocenters. The van der Waals surface area contributed by atoms with E-state index in [0.29, 0.717) is 17.4 Å². The summed E-state index contributed by atoms with van der Waals surface area (Å²) in [5.41, 5.74) is 0.126. The summed E-state index contributed by atoms with van der Waals surface area (Å²) in [5.74, 6) is -0.350. The second kappa shape index (κ2) is 5.17. The van der Waals surface area contributed by atoms with Crippen molar-refractivity contribution in [3.05, 3.63) is 52.5 Å². The van der Waals surface area contributed by atoms with Crippen LogP contribution in [0.2, 0.25) is 5.02 Å². The van der Waals surface area contributed by atoms with Gasteiger partial charge in [0.05, 0.1) is 16.1 Å². The minimum absolute atomic E-state index is 0.0209. The number of hydrogen-bond acceptors (Lipinski definition) is 2. The third-order valence-corrected chi connectivity index (χ3v) is 3.05. The maximum atomic E-state index is 12.5. The zero-order valence-corrected chi connectivity index (χ0v) is 10.7. The Morgan fingerprint density at radius 2 is 1.65 bits per heavy atom. The van der Waals surface area contributed by atoms with E-state index in [-0.39, 0.29) is 16.3 Å². The van der Waals surface area contributed by atoms with Crippen LogP contribution in [0.5, 0.6) is 5.75 Å². The summed E-state index contributed by atoms with van der Waals surface area (Å²) in [7, 11) is 0. The smallest absolute Gasteiger partial charge is 0.416 e. The van der Waals surface area contributed by atoms with Crippen molar-refractivity contribution >= 4 is 17.9 Å². The average molecular weight is 301 g/mol. The molecule has 0 aliphatic rings. The molecule has 0 atom stereocenters. The Hall–Kier alpha value is -2.01. The lowest BCUT2D eigenvalue weighted by atomic mass is 10.0. The molecule has 104 valence electrons. The van der Waals surface area contributed by atoms with Gasteiger partial charge < -0.3 is 5.11 Å². The fourth-order valence-electron chi connectivity index (χ4n) is 1.73. The molecule has 0 saturated carbocycles. The molecule has 0 fully saturated rings. The van der Waals surface area contributed by atoms with Gasteiger partial charge in [-0.25, -0.2) is 0 Å². The molecule has 2 aromatic carbocycles. The summed E-state index contributed by atoms with van der Waals surface area (Å²) < 4.78 is 37.4. The maximum absolute atomic E-state index is 12.5. The fraction of sp³-hybridized carbons (Fsp3) is 0.0714. The van der Waals surface area contributed by atoms with Gasteiger partial charge >= 0.3 is 6.18 Å². The van der Waals surface area contributed by atoms with Crippen LogP contribution >= 0.6 is 11.6 Å². The number of halogens is 4. The van der Waals surface area contributed by atoms with E-state index in [2.05, 4.69) is 0 Å². The predicted octanol–water partition coefficient (Wildman–Crippen LogP) is 4.54. The summed E-state index contributed by atoms with van der Waals surface area (Å²) in [6.45, 7) is 0. The normalized spacial score (nSPS) is 11.4. The zero-order chi connectivity index (χ0) is 14.9. The van der Waals surface area contributed by atoms with Crippen LogP contribution in [0, 0.1) is 0 Å². The first-order valence-electron chi connectivity index (χ1n) is 5.48. The summed E-state index contributed by atoms with van der Waals surface area (Å²) >= 11 is 5.76. The number of rotatable bonds is 2. The Morgan fingerprint density at radius 3 is 2.15 bits per heavy atom. The quantitative estimate of drug-likeness (QED) is 0.827. The van der Waals surface area contributed by atoms with E-state index in [1.165, 1.54) is 24.3 Å². The molecule has 20 heavy (non-hydrogen) atoms. The molecule has 1 N–H and O–H groups in total. The first-order valence-corrected chi connectivity index (χ1v) is 5.86.